The van der Waals surface area contributed by atoms with Crippen LogP contribution in [0.4, 0.5) is 0 Å². The lowest BCUT2D eigenvalue weighted by atomic mass is 10.0. The zero-order valence-corrected chi connectivity index (χ0v) is 17.4. The van der Waals surface area contributed by atoms with Crippen LogP contribution in [0.15, 0.2) is 33.6 Å². The lowest BCUT2D eigenvalue weighted by molar-refractivity contribution is -0.133. The van der Waals surface area contributed by atoms with Crippen molar-refractivity contribution in [2.24, 2.45) is 0 Å². The van der Waals surface area contributed by atoms with Gasteiger partial charge in [0.05, 0.1) is 0 Å². The molecular formula is C19H28BrN3OS. The van der Waals surface area contributed by atoms with Gasteiger partial charge < -0.3 is 9.80 Å². The predicted molar refractivity (Wildman–Crippen MR) is 108 cm³/mol. The van der Waals surface area contributed by atoms with Crippen LogP contribution in [0.25, 0.3) is 0 Å². The second-order valence-corrected chi connectivity index (χ2v) is 9.11. The highest BCUT2D eigenvalue weighted by molar-refractivity contribution is 9.10. The highest BCUT2D eigenvalue weighted by Crippen LogP contribution is 2.22. The summed E-state index contributed by atoms with van der Waals surface area (Å²) in [6.07, 6.45) is 3.24. The Labute approximate surface area is 164 Å². The van der Waals surface area contributed by atoms with Gasteiger partial charge in [-0.15, -0.1) is 11.8 Å². The number of likely N-dealkylation sites (tertiary alicyclic amines) is 1. The Hall–Kier alpha value is -0.560. The van der Waals surface area contributed by atoms with Crippen molar-refractivity contribution >= 4 is 33.6 Å². The number of rotatable bonds is 5. The smallest absolute Gasteiger partial charge is 0.223 e. The van der Waals surface area contributed by atoms with Gasteiger partial charge in [0.15, 0.2) is 0 Å². The van der Waals surface area contributed by atoms with Crippen LogP contribution in [0.2, 0.25) is 0 Å². The Morgan fingerprint density at radius 1 is 1.16 bits per heavy atom. The van der Waals surface area contributed by atoms with E-state index in [1.165, 1.54) is 30.8 Å². The summed E-state index contributed by atoms with van der Waals surface area (Å²) in [4.78, 5) is 20.8. The molecule has 2 saturated heterocycles. The molecule has 3 rings (SSSR count). The fourth-order valence-electron chi connectivity index (χ4n) is 3.72. The third-order valence-electron chi connectivity index (χ3n) is 5.18. The number of piperazine rings is 1. The molecule has 1 unspecified atom stereocenters. The molecule has 1 atom stereocenters. The van der Waals surface area contributed by atoms with Gasteiger partial charge in [0.1, 0.15) is 0 Å². The Morgan fingerprint density at radius 2 is 1.88 bits per heavy atom. The van der Waals surface area contributed by atoms with Gasteiger partial charge in [0, 0.05) is 60.3 Å². The number of nitrogens with zero attached hydrogens (tertiary/aromatic N) is 3. The van der Waals surface area contributed by atoms with E-state index in [4.69, 9.17) is 0 Å². The van der Waals surface area contributed by atoms with Gasteiger partial charge in [-0.25, -0.2) is 0 Å². The van der Waals surface area contributed by atoms with Crippen LogP contribution in [0, 0.1) is 0 Å². The first-order chi connectivity index (χ1) is 12.1. The summed E-state index contributed by atoms with van der Waals surface area (Å²) in [6.45, 7) is 6.25. The SMILES string of the molecule is CN1CCCC(N2CCN(C(=O)CCSc3ccc(Br)cc3)CC2)C1. The van der Waals surface area contributed by atoms with E-state index in [-0.39, 0.29) is 0 Å². The Balaban J connectivity index is 1.37. The van der Waals surface area contributed by atoms with Gasteiger partial charge in [-0.2, -0.15) is 0 Å². The lowest BCUT2D eigenvalue weighted by Crippen LogP contribution is -2.55. The molecule has 138 valence electrons. The van der Waals surface area contributed by atoms with E-state index in [1.54, 1.807) is 11.8 Å². The number of carbonyl (C=O) groups is 1. The van der Waals surface area contributed by atoms with Crippen molar-refractivity contribution in [3.05, 3.63) is 28.7 Å². The van der Waals surface area contributed by atoms with Crippen LogP contribution < -0.4 is 0 Å². The molecule has 4 nitrogen and oxygen atoms in total. The molecule has 1 amide bonds. The third kappa shape index (κ3) is 5.71. The number of hydrogen-bond donors (Lipinski definition) is 0. The first kappa shape index (κ1) is 19.2. The number of benzene rings is 1. The van der Waals surface area contributed by atoms with Crippen molar-refractivity contribution in [3.8, 4) is 0 Å². The number of thioether (sulfide) groups is 1. The number of halogens is 1. The van der Waals surface area contributed by atoms with Gasteiger partial charge in [0.2, 0.25) is 5.91 Å². The van der Waals surface area contributed by atoms with Crippen molar-refractivity contribution in [2.75, 3.05) is 52.1 Å². The van der Waals surface area contributed by atoms with E-state index >= 15 is 0 Å². The van der Waals surface area contributed by atoms with Crippen molar-refractivity contribution in [3.63, 3.8) is 0 Å². The molecule has 0 aromatic heterocycles. The lowest BCUT2D eigenvalue weighted by Gasteiger charge is -2.42. The van der Waals surface area contributed by atoms with Crippen LogP contribution in [0.1, 0.15) is 19.3 Å². The van der Waals surface area contributed by atoms with E-state index in [9.17, 15) is 4.79 Å². The summed E-state index contributed by atoms with van der Waals surface area (Å²) in [5.41, 5.74) is 0. The molecule has 2 fully saturated rings. The highest BCUT2D eigenvalue weighted by atomic mass is 79.9. The first-order valence-corrected chi connectivity index (χ1v) is 11.0. The van der Waals surface area contributed by atoms with Gasteiger partial charge >= 0.3 is 0 Å². The maximum Gasteiger partial charge on any atom is 0.223 e. The predicted octanol–water partition coefficient (Wildman–Crippen LogP) is 3.17. The Kier molecular flexibility index (Phi) is 7.22. The fraction of sp³-hybridized carbons (Fsp3) is 0.632. The van der Waals surface area contributed by atoms with E-state index in [1.807, 2.05) is 12.1 Å². The van der Waals surface area contributed by atoms with E-state index in [0.717, 1.165) is 36.4 Å². The molecule has 2 aliphatic heterocycles. The van der Waals surface area contributed by atoms with Crippen LogP contribution >= 0.6 is 27.7 Å². The highest BCUT2D eigenvalue weighted by Gasteiger charge is 2.28. The van der Waals surface area contributed by atoms with Crippen molar-refractivity contribution in [1.82, 2.24) is 14.7 Å². The largest absolute Gasteiger partial charge is 0.340 e. The maximum absolute atomic E-state index is 12.5. The number of carbonyl (C=O) groups excluding carboxylic acids is 1. The number of amides is 1. The second kappa shape index (κ2) is 9.40. The molecule has 6 heteroatoms. The topological polar surface area (TPSA) is 26.8 Å². The standard InChI is InChI=1S/C19H28BrN3OS/c1-21-9-2-3-17(15-21)22-10-12-23(13-11-22)19(24)8-14-25-18-6-4-16(20)5-7-18/h4-7,17H,2-3,8-15H2,1H3. The molecular weight excluding hydrogens is 398 g/mol. The molecule has 0 radical (unpaired) electrons. The number of likely N-dealkylation sites (N-methyl/N-ethyl adjacent to an activating group) is 1. The third-order valence-corrected chi connectivity index (χ3v) is 6.72. The molecule has 2 heterocycles. The monoisotopic (exact) mass is 425 g/mol. The zero-order chi connectivity index (χ0) is 17.6. The van der Waals surface area contributed by atoms with E-state index < -0.39 is 0 Å². The van der Waals surface area contributed by atoms with Crippen molar-refractivity contribution in [1.29, 1.82) is 0 Å². The molecule has 1 aromatic rings. The van der Waals surface area contributed by atoms with Gasteiger partial charge in [-0.3, -0.25) is 9.69 Å². The van der Waals surface area contributed by atoms with Gasteiger partial charge in [-0.05, 0) is 50.7 Å². The van der Waals surface area contributed by atoms with Crippen molar-refractivity contribution < 1.29 is 4.79 Å². The van der Waals surface area contributed by atoms with Crippen LogP contribution in [-0.4, -0.2) is 78.7 Å². The molecule has 0 spiro atoms. The van der Waals surface area contributed by atoms with Gasteiger partial charge in [0.25, 0.3) is 0 Å². The quantitative estimate of drug-likeness (QED) is 0.676. The average Bonchev–Trinajstić information content (AvgIpc) is 2.63. The number of piperidine rings is 1. The first-order valence-electron chi connectivity index (χ1n) is 9.20. The molecule has 1 aromatic carbocycles. The molecule has 0 bridgehead atoms. The fourth-order valence-corrected chi connectivity index (χ4v) is 4.82. The minimum Gasteiger partial charge on any atom is -0.340 e. The minimum atomic E-state index is 0.310. The van der Waals surface area contributed by atoms with E-state index in [2.05, 4.69) is 49.8 Å². The molecule has 0 saturated carbocycles. The molecule has 2 aliphatic rings. The van der Waals surface area contributed by atoms with Crippen LogP contribution in [-0.2, 0) is 4.79 Å². The van der Waals surface area contributed by atoms with E-state index in [0.29, 0.717) is 18.4 Å². The maximum atomic E-state index is 12.5. The number of hydrogen-bond acceptors (Lipinski definition) is 4. The second-order valence-electron chi connectivity index (χ2n) is 7.03. The van der Waals surface area contributed by atoms with Crippen LogP contribution in [0.5, 0.6) is 0 Å². The normalized spacial score (nSPS) is 23.0. The summed E-state index contributed by atoms with van der Waals surface area (Å²) in [6, 6.07) is 8.97. The average molecular weight is 426 g/mol. The summed E-state index contributed by atoms with van der Waals surface area (Å²) < 4.78 is 1.09. The molecule has 0 N–H and O–H groups in total. The van der Waals surface area contributed by atoms with Gasteiger partial charge in [-0.1, -0.05) is 15.9 Å². The Bertz CT molecular complexity index is 560. The summed E-state index contributed by atoms with van der Waals surface area (Å²) in [5, 5.41) is 0. The summed E-state index contributed by atoms with van der Waals surface area (Å²) in [5.74, 6) is 1.17. The Morgan fingerprint density at radius 3 is 2.56 bits per heavy atom. The molecule has 0 aliphatic carbocycles. The summed E-state index contributed by atoms with van der Waals surface area (Å²) in [7, 11) is 2.22. The zero-order valence-electron chi connectivity index (χ0n) is 15.0. The minimum absolute atomic E-state index is 0.310. The summed E-state index contributed by atoms with van der Waals surface area (Å²) >= 11 is 5.21. The molecule has 25 heavy (non-hydrogen) atoms. The van der Waals surface area contributed by atoms with Crippen LogP contribution in [0.3, 0.4) is 0 Å². The van der Waals surface area contributed by atoms with Crippen molar-refractivity contribution in [2.45, 2.75) is 30.2 Å².